The number of rotatable bonds is 8. The summed E-state index contributed by atoms with van der Waals surface area (Å²) in [6, 6.07) is 0. The molecule has 0 bridgehead atoms. The molecule has 14 heavy (non-hydrogen) atoms. The van der Waals surface area contributed by atoms with Gasteiger partial charge in [0.15, 0.2) is 0 Å². The molecule has 3 heteroatoms. The summed E-state index contributed by atoms with van der Waals surface area (Å²) < 4.78 is 4.96. The lowest BCUT2D eigenvalue weighted by molar-refractivity contribution is -0.143. The van der Waals surface area contributed by atoms with Crippen LogP contribution in [0.25, 0.3) is 0 Å². The zero-order valence-electron chi connectivity index (χ0n) is 9.38. The predicted molar refractivity (Wildman–Crippen MR) is 61.9 cm³/mol. The van der Waals surface area contributed by atoms with Gasteiger partial charge in [-0.1, -0.05) is 46.0 Å². The van der Waals surface area contributed by atoms with Crippen LogP contribution in [0.5, 0.6) is 0 Å². The maximum atomic E-state index is 10.7. The third-order valence-electron chi connectivity index (χ3n) is 2.05. The van der Waals surface area contributed by atoms with Crippen molar-refractivity contribution in [3.8, 4) is 0 Å². The first-order chi connectivity index (χ1) is 6.31. The number of ether oxygens (including phenoxy) is 1. The third-order valence-corrected chi connectivity index (χ3v) is 2.05. The SMILES string of the molecule is CCCCCCCCOC(=O)CC.Cl. The highest BCUT2D eigenvalue weighted by atomic mass is 35.5. The summed E-state index contributed by atoms with van der Waals surface area (Å²) in [5, 5.41) is 0. The molecule has 0 aromatic carbocycles. The number of carbonyl (C=O) groups is 1. The summed E-state index contributed by atoms with van der Waals surface area (Å²) in [6.45, 7) is 4.64. The van der Waals surface area contributed by atoms with E-state index in [1.807, 2.05) is 6.92 Å². The van der Waals surface area contributed by atoms with Crippen molar-refractivity contribution in [3.63, 3.8) is 0 Å². The van der Waals surface area contributed by atoms with E-state index in [1.54, 1.807) is 0 Å². The molecule has 0 saturated carbocycles. The van der Waals surface area contributed by atoms with E-state index in [9.17, 15) is 4.79 Å². The van der Waals surface area contributed by atoms with Crippen LogP contribution in [0.4, 0.5) is 0 Å². The molecule has 0 aliphatic carbocycles. The molecule has 0 saturated heterocycles. The summed E-state index contributed by atoms with van der Waals surface area (Å²) in [5.74, 6) is -0.0754. The number of hydrogen-bond donors (Lipinski definition) is 0. The van der Waals surface area contributed by atoms with Crippen molar-refractivity contribution < 1.29 is 9.53 Å². The Morgan fingerprint density at radius 2 is 1.57 bits per heavy atom. The van der Waals surface area contributed by atoms with Crippen LogP contribution in [0.1, 0.15) is 58.8 Å². The van der Waals surface area contributed by atoms with E-state index in [2.05, 4.69) is 6.92 Å². The lowest BCUT2D eigenvalue weighted by Gasteiger charge is -2.02. The van der Waals surface area contributed by atoms with Gasteiger partial charge in [-0.25, -0.2) is 0 Å². The van der Waals surface area contributed by atoms with Crippen LogP contribution >= 0.6 is 12.4 Å². The van der Waals surface area contributed by atoms with Crippen molar-refractivity contribution in [1.29, 1.82) is 0 Å². The van der Waals surface area contributed by atoms with Crippen LogP contribution in [0.2, 0.25) is 0 Å². The summed E-state index contributed by atoms with van der Waals surface area (Å²) in [4.78, 5) is 10.7. The number of hydrogen-bond acceptors (Lipinski definition) is 2. The van der Waals surface area contributed by atoms with E-state index in [4.69, 9.17) is 4.74 Å². The highest BCUT2D eigenvalue weighted by molar-refractivity contribution is 5.85. The molecule has 0 amide bonds. The molecule has 0 aliphatic heterocycles. The second kappa shape index (κ2) is 12.8. The Hall–Kier alpha value is -0.240. The first kappa shape index (κ1) is 16.2. The molecular formula is C11H23ClO2. The Balaban J connectivity index is 0. The second-order valence-corrected chi connectivity index (χ2v) is 3.34. The zero-order valence-corrected chi connectivity index (χ0v) is 10.2. The number of halogens is 1. The molecule has 0 fully saturated rings. The summed E-state index contributed by atoms with van der Waals surface area (Å²) in [6.07, 6.45) is 7.91. The normalized spacial score (nSPS) is 9.29. The van der Waals surface area contributed by atoms with Gasteiger partial charge >= 0.3 is 5.97 Å². The van der Waals surface area contributed by atoms with Crippen molar-refractivity contribution in [2.24, 2.45) is 0 Å². The summed E-state index contributed by atoms with van der Waals surface area (Å²) in [7, 11) is 0. The first-order valence-corrected chi connectivity index (χ1v) is 5.46. The van der Waals surface area contributed by atoms with Gasteiger partial charge < -0.3 is 4.74 Å². The van der Waals surface area contributed by atoms with E-state index in [1.165, 1.54) is 32.1 Å². The van der Waals surface area contributed by atoms with E-state index in [0.717, 1.165) is 6.42 Å². The van der Waals surface area contributed by atoms with Gasteiger partial charge in [-0.15, -0.1) is 12.4 Å². The van der Waals surface area contributed by atoms with Gasteiger partial charge in [0.25, 0.3) is 0 Å². The van der Waals surface area contributed by atoms with Gasteiger partial charge in [0.1, 0.15) is 0 Å². The van der Waals surface area contributed by atoms with Crippen LogP contribution in [0.3, 0.4) is 0 Å². The molecule has 0 N–H and O–H groups in total. The number of unbranched alkanes of at least 4 members (excludes halogenated alkanes) is 5. The molecule has 2 nitrogen and oxygen atoms in total. The van der Waals surface area contributed by atoms with Gasteiger partial charge in [0.2, 0.25) is 0 Å². The lowest BCUT2D eigenvalue weighted by Crippen LogP contribution is -2.03. The molecule has 86 valence electrons. The second-order valence-electron chi connectivity index (χ2n) is 3.34. The highest BCUT2D eigenvalue weighted by Crippen LogP contribution is 2.04. The van der Waals surface area contributed by atoms with Gasteiger partial charge in [-0.05, 0) is 6.42 Å². The van der Waals surface area contributed by atoms with E-state index in [0.29, 0.717) is 13.0 Å². The van der Waals surface area contributed by atoms with Crippen LogP contribution in [0, 0.1) is 0 Å². The van der Waals surface area contributed by atoms with E-state index < -0.39 is 0 Å². The van der Waals surface area contributed by atoms with Gasteiger partial charge in [0.05, 0.1) is 6.61 Å². The van der Waals surface area contributed by atoms with Gasteiger partial charge in [0, 0.05) is 6.42 Å². The Morgan fingerprint density at radius 1 is 1.00 bits per heavy atom. The molecule has 0 spiro atoms. The molecule has 0 radical (unpaired) electrons. The minimum absolute atomic E-state index is 0. The van der Waals surface area contributed by atoms with Crippen LogP contribution in [0.15, 0.2) is 0 Å². The molecule has 0 heterocycles. The lowest BCUT2D eigenvalue weighted by atomic mass is 10.1. The average Bonchev–Trinajstić information content (AvgIpc) is 2.16. The minimum Gasteiger partial charge on any atom is -0.466 e. The van der Waals surface area contributed by atoms with Crippen LogP contribution in [-0.4, -0.2) is 12.6 Å². The molecule has 0 unspecified atom stereocenters. The van der Waals surface area contributed by atoms with Crippen LogP contribution < -0.4 is 0 Å². The Morgan fingerprint density at radius 3 is 2.14 bits per heavy atom. The average molecular weight is 223 g/mol. The fourth-order valence-corrected chi connectivity index (χ4v) is 1.17. The van der Waals surface area contributed by atoms with Crippen molar-refractivity contribution in [1.82, 2.24) is 0 Å². The Labute approximate surface area is 93.8 Å². The molecule has 0 aromatic heterocycles. The van der Waals surface area contributed by atoms with Gasteiger partial charge in [-0.2, -0.15) is 0 Å². The topological polar surface area (TPSA) is 26.3 Å². The summed E-state index contributed by atoms with van der Waals surface area (Å²) >= 11 is 0. The van der Waals surface area contributed by atoms with Crippen LogP contribution in [-0.2, 0) is 9.53 Å². The van der Waals surface area contributed by atoms with Crippen molar-refractivity contribution in [3.05, 3.63) is 0 Å². The predicted octanol–water partition coefficient (Wildman–Crippen LogP) is 3.72. The summed E-state index contributed by atoms with van der Waals surface area (Å²) in [5.41, 5.74) is 0. The maximum Gasteiger partial charge on any atom is 0.305 e. The fraction of sp³-hybridized carbons (Fsp3) is 0.909. The largest absolute Gasteiger partial charge is 0.466 e. The maximum absolute atomic E-state index is 10.7. The van der Waals surface area contributed by atoms with Crippen molar-refractivity contribution in [2.45, 2.75) is 58.8 Å². The highest BCUT2D eigenvalue weighted by Gasteiger charge is 1.96. The Kier molecular flexibility index (Phi) is 14.8. The zero-order chi connectivity index (χ0) is 9.94. The molecule has 0 aromatic rings. The number of carbonyl (C=O) groups excluding carboxylic acids is 1. The molecule has 0 rings (SSSR count). The molecular weight excluding hydrogens is 200 g/mol. The minimum atomic E-state index is -0.0754. The first-order valence-electron chi connectivity index (χ1n) is 5.46. The number of esters is 1. The molecule has 0 aliphatic rings. The Bertz CT molecular complexity index is 126. The van der Waals surface area contributed by atoms with E-state index in [-0.39, 0.29) is 18.4 Å². The standard InChI is InChI=1S/C11H22O2.ClH/c1-3-5-6-7-8-9-10-13-11(12)4-2;/h3-10H2,1-2H3;1H. The molecule has 0 atom stereocenters. The smallest absolute Gasteiger partial charge is 0.305 e. The van der Waals surface area contributed by atoms with E-state index >= 15 is 0 Å². The monoisotopic (exact) mass is 222 g/mol. The quantitative estimate of drug-likeness (QED) is 0.462. The van der Waals surface area contributed by atoms with Gasteiger partial charge in [-0.3, -0.25) is 4.79 Å². The van der Waals surface area contributed by atoms with Crippen molar-refractivity contribution >= 4 is 18.4 Å². The fourth-order valence-electron chi connectivity index (χ4n) is 1.17. The van der Waals surface area contributed by atoms with Crippen molar-refractivity contribution in [2.75, 3.05) is 6.61 Å². The third kappa shape index (κ3) is 11.8.